The van der Waals surface area contributed by atoms with Crippen molar-refractivity contribution in [3.05, 3.63) is 12.2 Å². The number of aliphatic hydroxyl groups excluding tert-OH is 1. The molecule has 3 unspecified atom stereocenters. The summed E-state index contributed by atoms with van der Waals surface area (Å²) in [5.41, 5.74) is 28.9. The van der Waals surface area contributed by atoms with Crippen LogP contribution in [0.4, 0.5) is 0 Å². The Hall–Kier alpha value is -4.74. The molecule has 420 valence electrons. The van der Waals surface area contributed by atoms with Crippen LogP contribution >= 0.6 is 0 Å². The third kappa shape index (κ3) is 31.6. The Balaban J connectivity index is 3.38. The number of carbonyl (C=O) groups is 8. The molecule has 0 bridgehead atoms. The molecular formula is C51H97N13O9. The fraction of sp³-hybridized carbons (Fsp3) is 0.804. The third-order valence-corrected chi connectivity index (χ3v) is 12.7. The number of hydrogen-bond acceptors (Lipinski definition) is 14. The fourth-order valence-electron chi connectivity index (χ4n) is 8.28. The quantitative estimate of drug-likeness (QED) is 0.0294. The SMILES string of the molecule is CCCCCC/C=C\CCC[C@@H](O)CC(=O)NCC(=O)N[C@@H](CCCN)C(=O)NC1CCCCNC(=O)C(CCCCN)NC(=O)[C@@H](CCCCN)NC(=O)[C@@H](CCCCN)NC(=O)C(CCCCN)NC1=O. The van der Waals surface area contributed by atoms with E-state index in [2.05, 4.69) is 61.6 Å². The van der Waals surface area contributed by atoms with E-state index >= 15 is 0 Å². The summed E-state index contributed by atoms with van der Waals surface area (Å²) < 4.78 is 0. The Labute approximate surface area is 434 Å². The van der Waals surface area contributed by atoms with Crippen LogP contribution in [0.1, 0.15) is 174 Å². The zero-order valence-electron chi connectivity index (χ0n) is 44.1. The average Bonchev–Trinajstić information content (AvgIpc) is 3.36. The van der Waals surface area contributed by atoms with Crippen LogP contribution in [0.3, 0.4) is 0 Å². The molecule has 0 spiro atoms. The van der Waals surface area contributed by atoms with Gasteiger partial charge in [-0.3, -0.25) is 38.4 Å². The van der Waals surface area contributed by atoms with Crippen molar-refractivity contribution in [1.82, 2.24) is 42.5 Å². The summed E-state index contributed by atoms with van der Waals surface area (Å²) in [6, 6.07) is -6.70. The summed E-state index contributed by atoms with van der Waals surface area (Å²) in [6.07, 6.45) is 17.0. The topological polar surface area (TPSA) is 383 Å². The summed E-state index contributed by atoms with van der Waals surface area (Å²) in [5, 5.41) is 32.5. The fourth-order valence-corrected chi connectivity index (χ4v) is 8.28. The van der Waals surface area contributed by atoms with Crippen LogP contribution in [0.15, 0.2) is 12.2 Å². The summed E-state index contributed by atoms with van der Waals surface area (Å²) in [6.45, 7) is 3.46. The van der Waals surface area contributed by atoms with Crippen molar-refractivity contribution in [1.29, 1.82) is 0 Å². The number of aliphatic hydroxyl groups is 1. The smallest absolute Gasteiger partial charge is 0.243 e. The molecule has 0 aromatic heterocycles. The van der Waals surface area contributed by atoms with Gasteiger partial charge in [-0.05, 0) is 174 Å². The minimum atomic E-state index is -1.23. The highest BCUT2D eigenvalue weighted by Crippen LogP contribution is 2.13. The Morgan fingerprint density at radius 3 is 1.55 bits per heavy atom. The van der Waals surface area contributed by atoms with E-state index < -0.39 is 96.2 Å². The van der Waals surface area contributed by atoms with Crippen molar-refractivity contribution in [2.45, 2.75) is 216 Å². The molecule has 0 aromatic rings. The summed E-state index contributed by atoms with van der Waals surface area (Å²) in [7, 11) is 0. The van der Waals surface area contributed by atoms with Crippen LogP contribution in [0.5, 0.6) is 0 Å². The number of nitrogens with one attached hydrogen (secondary N) is 8. The molecular weight excluding hydrogens is 939 g/mol. The van der Waals surface area contributed by atoms with Gasteiger partial charge >= 0.3 is 0 Å². The minimum Gasteiger partial charge on any atom is -0.393 e. The van der Waals surface area contributed by atoms with Crippen molar-refractivity contribution < 1.29 is 43.5 Å². The van der Waals surface area contributed by atoms with Gasteiger partial charge in [0.05, 0.1) is 19.1 Å². The molecule has 1 fully saturated rings. The van der Waals surface area contributed by atoms with Crippen molar-refractivity contribution >= 4 is 47.3 Å². The highest BCUT2D eigenvalue weighted by Gasteiger charge is 2.33. The van der Waals surface area contributed by atoms with Crippen LogP contribution in [0.25, 0.3) is 0 Å². The van der Waals surface area contributed by atoms with Gasteiger partial charge in [-0.25, -0.2) is 0 Å². The molecule has 1 heterocycles. The van der Waals surface area contributed by atoms with Gasteiger partial charge in [-0.1, -0.05) is 38.3 Å². The second kappa shape index (κ2) is 42.6. The van der Waals surface area contributed by atoms with Crippen molar-refractivity contribution in [3.8, 4) is 0 Å². The molecule has 22 nitrogen and oxygen atoms in total. The summed E-state index contributed by atoms with van der Waals surface area (Å²) in [5.74, 6) is -4.91. The summed E-state index contributed by atoms with van der Waals surface area (Å²) >= 11 is 0. The maximum atomic E-state index is 14.3. The highest BCUT2D eigenvalue weighted by molar-refractivity contribution is 5.97. The number of allylic oxidation sites excluding steroid dienone is 2. The molecule has 73 heavy (non-hydrogen) atoms. The number of nitrogens with two attached hydrogens (primary N) is 5. The number of hydrogen-bond donors (Lipinski definition) is 14. The molecule has 1 saturated heterocycles. The third-order valence-electron chi connectivity index (χ3n) is 12.7. The predicted molar refractivity (Wildman–Crippen MR) is 284 cm³/mol. The number of rotatable bonds is 35. The van der Waals surface area contributed by atoms with E-state index in [9.17, 15) is 43.5 Å². The van der Waals surface area contributed by atoms with E-state index in [1.807, 2.05) is 0 Å². The van der Waals surface area contributed by atoms with Gasteiger partial charge in [0.25, 0.3) is 0 Å². The van der Waals surface area contributed by atoms with Crippen LogP contribution in [-0.4, -0.2) is 141 Å². The van der Waals surface area contributed by atoms with Gasteiger partial charge in [0.2, 0.25) is 47.3 Å². The molecule has 19 N–H and O–H groups in total. The van der Waals surface area contributed by atoms with Gasteiger partial charge < -0.3 is 76.3 Å². The van der Waals surface area contributed by atoms with Gasteiger partial charge in [-0.15, -0.1) is 0 Å². The molecule has 0 aromatic carbocycles. The molecule has 8 amide bonds. The Morgan fingerprint density at radius 1 is 0.575 bits per heavy atom. The first kappa shape index (κ1) is 66.3. The largest absolute Gasteiger partial charge is 0.393 e. The lowest BCUT2D eigenvalue weighted by molar-refractivity contribution is -0.135. The number of unbranched alkanes of at least 4 members (excludes halogenated alkanes) is 9. The molecule has 1 rings (SSSR count). The van der Waals surface area contributed by atoms with E-state index in [0.717, 1.165) is 19.3 Å². The zero-order chi connectivity index (χ0) is 54.1. The second-order valence-corrected chi connectivity index (χ2v) is 19.2. The van der Waals surface area contributed by atoms with E-state index in [0.29, 0.717) is 110 Å². The van der Waals surface area contributed by atoms with E-state index in [4.69, 9.17) is 28.7 Å². The molecule has 1 aliphatic rings. The lowest BCUT2D eigenvalue weighted by atomic mass is 10.0. The summed E-state index contributed by atoms with van der Waals surface area (Å²) in [4.78, 5) is 110. The van der Waals surface area contributed by atoms with Crippen LogP contribution in [-0.2, 0) is 38.4 Å². The zero-order valence-corrected chi connectivity index (χ0v) is 44.1. The number of carbonyl (C=O) groups excluding carboxylic acids is 8. The number of amides is 8. The second-order valence-electron chi connectivity index (χ2n) is 19.2. The lowest BCUT2D eigenvalue weighted by Gasteiger charge is -2.28. The van der Waals surface area contributed by atoms with Gasteiger partial charge in [0.1, 0.15) is 36.3 Å². The molecule has 0 saturated carbocycles. The van der Waals surface area contributed by atoms with Crippen molar-refractivity contribution in [3.63, 3.8) is 0 Å². The van der Waals surface area contributed by atoms with E-state index in [1.165, 1.54) is 19.3 Å². The van der Waals surface area contributed by atoms with Crippen LogP contribution in [0, 0.1) is 0 Å². The monoisotopic (exact) mass is 1040 g/mol. The Kier molecular flexibility index (Phi) is 38.7. The first-order valence-corrected chi connectivity index (χ1v) is 27.4. The Bertz CT molecular complexity index is 1620. The molecule has 7 atom stereocenters. The van der Waals surface area contributed by atoms with Gasteiger partial charge in [-0.2, -0.15) is 0 Å². The maximum absolute atomic E-state index is 14.3. The maximum Gasteiger partial charge on any atom is 0.243 e. The van der Waals surface area contributed by atoms with Crippen LogP contribution in [0.2, 0.25) is 0 Å². The lowest BCUT2D eigenvalue weighted by Crippen LogP contribution is -2.59. The first-order chi connectivity index (χ1) is 35.2. The molecule has 0 aliphatic carbocycles. The average molecular weight is 1040 g/mol. The molecule has 1 aliphatic heterocycles. The van der Waals surface area contributed by atoms with Crippen molar-refractivity contribution in [2.24, 2.45) is 28.7 Å². The minimum absolute atomic E-state index is 0.0567. The Morgan fingerprint density at radius 2 is 1.05 bits per heavy atom. The standard InChI is InChI=1S/C51H97N13O9/c1-2-3-4-5-6-7-8-9-10-22-37(65)35-44(66)58-36-45(67)59-39(28-21-33-56)47(69)61-43-27-15-20-34-57-46(68)38(23-11-16-29-52)60-48(70)40(24-12-17-30-53)62-49(71)41(25-13-18-31-54)63-50(72)42(64-51(43)73)26-14-19-32-55/h7-8,37-43,65H,2-6,9-36,52-56H2,1H3,(H,57,68)(H,58,66)(H,59,67)(H,60,70)(H,61,69)(H,62,71)(H,63,72)(H,64,73)/b8-7-/t37-,38?,39+,40-,41-,42?,43?/m1/s1. The van der Waals surface area contributed by atoms with E-state index in [1.54, 1.807) is 0 Å². The van der Waals surface area contributed by atoms with Gasteiger partial charge in [0.15, 0.2) is 0 Å². The highest BCUT2D eigenvalue weighted by atomic mass is 16.3. The van der Waals surface area contributed by atoms with Crippen LogP contribution < -0.4 is 71.2 Å². The predicted octanol–water partition coefficient (Wildman–Crippen LogP) is 0.0143. The van der Waals surface area contributed by atoms with Gasteiger partial charge in [0, 0.05) is 6.54 Å². The van der Waals surface area contributed by atoms with Crippen molar-refractivity contribution in [2.75, 3.05) is 45.8 Å². The molecule has 22 heteroatoms. The molecule has 0 radical (unpaired) electrons. The normalized spacial score (nSPS) is 20.5. The van der Waals surface area contributed by atoms with E-state index in [-0.39, 0.29) is 58.0 Å². The first-order valence-electron chi connectivity index (χ1n) is 27.4.